The molecule has 2 aliphatic rings. The molecule has 0 amide bonds. The Bertz CT molecular complexity index is 1030. The molecule has 1 unspecified atom stereocenters. The van der Waals surface area contributed by atoms with Crippen LogP contribution in [0.4, 0.5) is 0 Å². The molecule has 2 aliphatic heterocycles. The van der Waals surface area contributed by atoms with Crippen molar-refractivity contribution in [2.75, 3.05) is 40.0 Å². The Morgan fingerprint density at radius 1 is 1.10 bits per heavy atom. The second kappa shape index (κ2) is 7.43. The summed E-state index contributed by atoms with van der Waals surface area (Å²) in [4.78, 5) is 7.09. The van der Waals surface area contributed by atoms with Crippen LogP contribution >= 0.6 is 0 Å². The molecule has 1 aromatic carbocycles. The third kappa shape index (κ3) is 3.40. The Morgan fingerprint density at radius 3 is 2.83 bits per heavy atom. The summed E-state index contributed by atoms with van der Waals surface area (Å²) >= 11 is 0. The predicted octanol–water partition coefficient (Wildman–Crippen LogP) is 3.49. The number of likely N-dealkylation sites (tertiary alicyclic amines) is 1. The first-order valence-electron chi connectivity index (χ1n) is 10.5. The molecule has 1 saturated heterocycles. The average molecular weight is 393 g/mol. The zero-order valence-corrected chi connectivity index (χ0v) is 17.2. The SMILES string of the molecule is CCOCCOc1ccc2ncc(-c3cc4n(n3)CCC43CCN(C)C3)cc2c1. The van der Waals surface area contributed by atoms with Crippen molar-refractivity contribution in [1.29, 1.82) is 0 Å². The lowest BCUT2D eigenvalue weighted by Gasteiger charge is -2.21. The highest BCUT2D eigenvalue weighted by atomic mass is 16.5. The monoisotopic (exact) mass is 392 g/mol. The maximum atomic E-state index is 5.81. The van der Waals surface area contributed by atoms with E-state index >= 15 is 0 Å². The van der Waals surface area contributed by atoms with Gasteiger partial charge in [0.2, 0.25) is 0 Å². The van der Waals surface area contributed by atoms with Gasteiger partial charge in [0.1, 0.15) is 12.4 Å². The summed E-state index contributed by atoms with van der Waals surface area (Å²) in [6.45, 7) is 7.17. The van der Waals surface area contributed by atoms with E-state index in [1.165, 1.54) is 25.1 Å². The molecule has 1 atom stereocenters. The van der Waals surface area contributed by atoms with Gasteiger partial charge in [0.05, 0.1) is 17.8 Å². The molecule has 5 rings (SSSR count). The minimum Gasteiger partial charge on any atom is -0.491 e. The summed E-state index contributed by atoms with van der Waals surface area (Å²) in [6.07, 6.45) is 4.37. The molecule has 6 heteroatoms. The number of aryl methyl sites for hydroxylation is 1. The fraction of sp³-hybridized carbons (Fsp3) is 0.478. The van der Waals surface area contributed by atoms with Gasteiger partial charge in [-0.1, -0.05) is 0 Å². The van der Waals surface area contributed by atoms with Crippen LogP contribution in [0.15, 0.2) is 36.5 Å². The number of likely N-dealkylation sites (N-methyl/N-ethyl adjacent to an activating group) is 1. The predicted molar refractivity (Wildman–Crippen MR) is 113 cm³/mol. The largest absolute Gasteiger partial charge is 0.491 e. The van der Waals surface area contributed by atoms with Gasteiger partial charge < -0.3 is 14.4 Å². The molecule has 0 saturated carbocycles. The maximum absolute atomic E-state index is 5.81. The minimum absolute atomic E-state index is 0.284. The molecule has 1 spiro atoms. The molecular weight excluding hydrogens is 364 g/mol. The second-order valence-corrected chi connectivity index (χ2v) is 8.28. The lowest BCUT2D eigenvalue weighted by atomic mass is 9.82. The maximum Gasteiger partial charge on any atom is 0.120 e. The Balaban J connectivity index is 1.41. The minimum atomic E-state index is 0.284. The van der Waals surface area contributed by atoms with Gasteiger partial charge in [-0.25, -0.2) is 0 Å². The van der Waals surface area contributed by atoms with Crippen LogP contribution in [-0.4, -0.2) is 59.6 Å². The van der Waals surface area contributed by atoms with Crippen molar-refractivity contribution >= 4 is 10.9 Å². The third-order valence-corrected chi connectivity index (χ3v) is 6.32. The van der Waals surface area contributed by atoms with Crippen molar-refractivity contribution in [3.8, 4) is 17.0 Å². The molecule has 0 aliphatic carbocycles. The Hall–Kier alpha value is -2.44. The van der Waals surface area contributed by atoms with Gasteiger partial charge in [-0.15, -0.1) is 0 Å². The van der Waals surface area contributed by atoms with E-state index < -0.39 is 0 Å². The summed E-state index contributed by atoms with van der Waals surface area (Å²) in [5.41, 5.74) is 4.72. The van der Waals surface area contributed by atoms with E-state index in [2.05, 4.69) is 39.8 Å². The van der Waals surface area contributed by atoms with Crippen LogP contribution in [0, 0.1) is 0 Å². The lowest BCUT2D eigenvalue weighted by Crippen LogP contribution is -2.26. The van der Waals surface area contributed by atoms with Crippen molar-refractivity contribution in [3.05, 3.63) is 42.2 Å². The fourth-order valence-corrected chi connectivity index (χ4v) is 4.80. The number of hydrogen-bond acceptors (Lipinski definition) is 5. The number of pyridine rings is 1. The van der Waals surface area contributed by atoms with Crippen LogP contribution < -0.4 is 4.74 Å². The molecule has 6 nitrogen and oxygen atoms in total. The highest BCUT2D eigenvalue weighted by Crippen LogP contribution is 2.43. The van der Waals surface area contributed by atoms with E-state index in [9.17, 15) is 0 Å². The average Bonchev–Trinajstić information content (AvgIpc) is 3.41. The summed E-state index contributed by atoms with van der Waals surface area (Å²) in [7, 11) is 2.22. The highest BCUT2D eigenvalue weighted by molar-refractivity contribution is 5.84. The number of aromatic nitrogens is 3. The summed E-state index contributed by atoms with van der Waals surface area (Å²) in [6, 6.07) is 10.5. The second-order valence-electron chi connectivity index (χ2n) is 8.28. The van der Waals surface area contributed by atoms with Crippen LogP contribution in [-0.2, 0) is 16.7 Å². The standard InChI is InChI=1S/C23H28N4O2/c1-3-28-10-11-29-19-4-5-20-17(13-19)12-18(15-24-20)21-14-22-23(6-8-26(2)16-23)7-9-27(22)25-21/h4-5,12-15H,3,6-11,16H2,1-2H3. The van der Waals surface area contributed by atoms with E-state index in [1.807, 2.05) is 25.3 Å². The van der Waals surface area contributed by atoms with Crippen LogP contribution in [0.25, 0.3) is 22.2 Å². The molecule has 1 fully saturated rings. The van der Waals surface area contributed by atoms with Crippen molar-refractivity contribution in [3.63, 3.8) is 0 Å². The normalized spacial score (nSPS) is 21.3. The zero-order valence-electron chi connectivity index (χ0n) is 17.2. The zero-order chi connectivity index (χ0) is 19.8. The van der Waals surface area contributed by atoms with Crippen molar-refractivity contribution in [2.24, 2.45) is 0 Å². The van der Waals surface area contributed by atoms with Gasteiger partial charge in [0, 0.05) is 48.0 Å². The third-order valence-electron chi connectivity index (χ3n) is 6.32. The number of benzene rings is 1. The van der Waals surface area contributed by atoms with Gasteiger partial charge in [-0.05, 0) is 63.7 Å². The van der Waals surface area contributed by atoms with E-state index in [1.54, 1.807) is 0 Å². The van der Waals surface area contributed by atoms with Gasteiger partial charge >= 0.3 is 0 Å². The first-order chi connectivity index (χ1) is 14.2. The Morgan fingerprint density at radius 2 is 2.00 bits per heavy atom. The van der Waals surface area contributed by atoms with Gasteiger partial charge in [0.25, 0.3) is 0 Å². The summed E-state index contributed by atoms with van der Waals surface area (Å²) < 4.78 is 13.4. The van der Waals surface area contributed by atoms with E-state index in [4.69, 9.17) is 14.6 Å². The fourth-order valence-electron chi connectivity index (χ4n) is 4.80. The summed E-state index contributed by atoms with van der Waals surface area (Å²) in [5, 5.41) is 5.98. The first kappa shape index (κ1) is 18.6. The molecule has 3 aromatic rings. The number of nitrogens with zero attached hydrogens (tertiary/aromatic N) is 4. The molecule has 2 aromatic heterocycles. The summed E-state index contributed by atoms with van der Waals surface area (Å²) in [5.74, 6) is 0.844. The van der Waals surface area contributed by atoms with Crippen LogP contribution in [0.3, 0.4) is 0 Å². The number of fused-ring (bicyclic) bond motifs is 3. The Kier molecular flexibility index (Phi) is 4.76. The number of rotatable bonds is 6. The molecule has 152 valence electrons. The van der Waals surface area contributed by atoms with Crippen LogP contribution in [0.5, 0.6) is 5.75 Å². The molecule has 29 heavy (non-hydrogen) atoms. The topological polar surface area (TPSA) is 52.4 Å². The van der Waals surface area contributed by atoms with E-state index in [0.717, 1.165) is 41.0 Å². The van der Waals surface area contributed by atoms with Gasteiger partial charge in [0.15, 0.2) is 0 Å². The first-order valence-corrected chi connectivity index (χ1v) is 10.5. The van der Waals surface area contributed by atoms with Gasteiger partial charge in [-0.2, -0.15) is 5.10 Å². The highest BCUT2D eigenvalue weighted by Gasteiger charge is 2.44. The molecule has 4 heterocycles. The molecular formula is C23H28N4O2. The lowest BCUT2D eigenvalue weighted by molar-refractivity contribution is 0.110. The van der Waals surface area contributed by atoms with Crippen LogP contribution in [0.1, 0.15) is 25.5 Å². The molecule has 0 bridgehead atoms. The van der Waals surface area contributed by atoms with Crippen molar-refractivity contribution in [2.45, 2.75) is 31.7 Å². The molecule has 0 N–H and O–H groups in total. The quantitative estimate of drug-likeness (QED) is 0.601. The molecule has 0 radical (unpaired) electrons. The van der Waals surface area contributed by atoms with Gasteiger partial charge in [-0.3, -0.25) is 9.67 Å². The van der Waals surface area contributed by atoms with Crippen LogP contribution in [0.2, 0.25) is 0 Å². The smallest absolute Gasteiger partial charge is 0.120 e. The van der Waals surface area contributed by atoms with Crippen molar-refractivity contribution in [1.82, 2.24) is 19.7 Å². The number of ether oxygens (including phenoxy) is 2. The number of hydrogen-bond donors (Lipinski definition) is 0. The van der Waals surface area contributed by atoms with E-state index in [0.29, 0.717) is 19.8 Å². The Labute approximate surface area is 171 Å². The van der Waals surface area contributed by atoms with Crippen molar-refractivity contribution < 1.29 is 9.47 Å². The van der Waals surface area contributed by atoms with E-state index in [-0.39, 0.29) is 5.41 Å².